The van der Waals surface area contributed by atoms with Crippen molar-refractivity contribution in [1.82, 2.24) is 15.2 Å². The second kappa shape index (κ2) is 5.73. The van der Waals surface area contributed by atoms with Crippen molar-refractivity contribution in [3.05, 3.63) is 57.9 Å². The SMILES string of the molecule is c1csc(CCN2CCC3(C2)NCCc2c3[nH]c3ccccc23)c1. The number of H-pyrrole nitrogens is 1. The fourth-order valence-electron chi connectivity index (χ4n) is 4.53. The minimum absolute atomic E-state index is 0.127. The number of fused-ring (bicyclic) bond motifs is 4. The summed E-state index contributed by atoms with van der Waals surface area (Å²) in [6.07, 6.45) is 3.51. The van der Waals surface area contributed by atoms with E-state index in [-0.39, 0.29) is 5.54 Å². The Morgan fingerprint density at radius 3 is 3.04 bits per heavy atom. The standard InChI is InChI=1S/C20H23N3S/c1-2-6-18-16(5-1)17-7-10-21-20(19(17)22-18)9-12-23(14-20)11-8-15-4-3-13-24-15/h1-6,13,21-22H,7-12,14H2. The molecule has 2 aliphatic rings. The Morgan fingerprint density at radius 1 is 1.17 bits per heavy atom. The van der Waals surface area contributed by atoms with Crippen molar-refractivity contribution in [2.75, 3.05) is 26.2 Å². The zero-order valence-corrected chi connectivity index (χ0v) is 14.7. The lowest BCUT2D eigenvalue weighted by Gasteiger charge is -2.35. The largest absolute Gasteiger partial charge is 0.357 e. The number of nitrogens with zero attached hydrogens (tertiary/aromatic N) is 1. The topological polar surface area (TPSA) is 31.1 Å². The summed E-state index contributed by atoms with van der Waals surface area (Å²) in [7, 11) is 0. The molecule has 3 nitrogen and oxygen atoms in total. The van der Waals surface area contributed by atoms with E-state index in [9.17, 15) is 0 Å². The predicted molar refractivity (Wildman–Crippen MR) is 101 cm³/mol. The number of thiophene rings is 1. The van der Waals surface area contributed by atoms with Crippen molar-refractivity contribution in [3.63, 3.8) is 0 Å². The highest BCUT2D eigenvalue weighted by molar-refractivity contribution is 7.09. The summed E-state index contributed by atoms with van der Waals surface area (Å²) in [6, 6.07) is 13.2. The molecule has 1 atom stereocenters. The number of hydrogen-bond donors (Lipinski definition) is 2. The molecule has 4 heteroatoms. The summed E-state index contributed by atoms with van der Waals surface area (Å²) in [5, 5.41) is 7.47. The van der Waals surface area contributed by atoms with Crippen molar-refractivity contribution < 1.29 is 0 Å². The van der Waals surface area contributed by atoms with Gasteiger partial charge in [0.2, 0.25) is 0 Å². The second-order valence-corrected chi connectivity index (χ2v) is 8.17. The van der Waals surface area contributed by atoms with Gasteiger partial charge >= 0.3 is 0 Å². The van der Waals surface area contributed by atoms with Crippen LogP contribution in [0.15, 0.2) is 41.8 Å². The maximum atomic E-state index is 3.86. The Hall–Kier alpha value is -1.62. The normalized spacial score (nSPS) is 24.0. The van der Waals surface area contributed by atoms with Crippen LogP contribution in [-0.4, -0.2) is 36.1 Å². The van der Waals surface area contributed by atoms with Crippen LogP contribution in [0, 0.1) is 0 Å². The van der Waals surface area contributed by atoms with E-state index in [4.69, 9.17) is 0 Å². The monoisotopic (exact) mass is 337 g/mol. The van der Waals surface area contributed by atoms with Gasteiger partial charge in [-0.05, 0) is 42.3 Å². The first-order valence-corrected chi connectivity index (χ1v) is 9.82. The molecule has 1 aromatic carbocycles. The Balaban J connectivity index is 1.41. The maximum absolute atomic E-state index is 3.86. The third-order valence-corrected chi connectivity index (χ3v) is 6.67. The smallest absolute Gasteiger partial charge is 0.0730 e. The molecule has 5 rings (SSSR count). The molecule has 2 aromatic heterocycles. The molecule has 124 valence electrons. The summed E-state index contributed by atoms with van der Waals surface area (Å²) in [6.45, 7) is 4.57. The zero-order valence-electron chi connectivity index (χ0n) is 13.8. The molecule has 0 aliphatic carbocycles. The molecular weight excluding hydrogens is 314 g/mol. The van der Waals surface area contributed by atoms with E-state index in [1.165, 1.54) is 47.4 Å². The second-order valence-electron chi connectivity index (χ2n) is 7.14. The lowest BCUT2D eigenvalue weighted by Crippen LogP contribution is -2.49. The van der Waals surface area contributed by atoms with Crippen LogP contribution in [0.5, 0.6) is 0 Å². The fourth-order valence-corrected chi connectivity index (χ4v) is 5.23. The number of rotatable bonds is 3. The fraction of sp³-hybridized carbons (Fsp3) is 0.400. The first-order chi connectivity index (χ1) is 11.8. The van der Waals surface area contributed by atoms with E-state index in [0.29, 0.717) is 0 Å². The van der Waals surface area contributed by atoms with Crippen LogP contribution in [0.4, 0.5) is 0 Å². The Morgan fingerprint density at radius 2 is 2.12 bits per heavy atom. The van der Waals surface area contributed by atoms with Gasteiger partial charge < -0.3 is 15.2 Å². The molecule has 1 saturated heterocycles. The molecule has 1 fully saturated rings. The van der Waals surface area contributed by atoms with Gasteiger partial charge in [0.1, 0.15) is 0 Å². The van der Waals surface area contributed by atoms with Crippen LogP contribution in [-0.2, 0) is 18.4 Å². The van der Waals surface area contributed by atoms with Gasteiger partial charge in [0.15, 0.2) is 0 Å². The van der Waals surface area contributed by atoms with Gasteiger partial charge in [-0.15, -0.1) is 11.3 Å². The van der Waals surface area contributed by atoms with Crippen LogP contribution in [0.3, 0.4) is 0 Å². The maximum Gasteiger partial charge on any atom is 0.0730 e. The third kappa shape index (κ3) is 2.32. The quantitative estimate of drug-likeness (QED) is 0.766. The lowest BCUT2D eigenvalue weighted by molar-refractivity contribution is 0.273. The molecule has 4 heterocycles. The molecule has 3 aromatic rings. The number of benzene rings is 1. The minimum Gasteiger partial charge on any atom is -0.357 e. The number of hydrogen-bond acceptors (Lipinski definition) is 3. The zero-order chi connectivity index (χ0) is 16.0. The van der Waals surface area contributed by atoms with E-state index in [0.717, 1.165) is 19.5 Å². The van der Waals surface area contributed by atoms with E-state index in [1.807, 2.05) is 11.3 Å². The summed E-state index contributed by atoms with van der Waals surface area (Å²) in [5.41, 5.74) is 4.42. The summed E-state index contributed by atoms with van der Waals surface area (Å²) in [4.78, 5) is 7.88. The van der Waals surface area contributed by atoms with Gasteiger partial charge in [-0.2, -0.15) is 0 Å². The highest BCUT2D eigenvalue weighted by Crippen LogP contribution is 2.39. The molecule has 1 unspecified atom stereocenters. The Bertz CT molecular complexity index is 851. The average molecular weight is 337 g/mol. The van der Waals surface area contributed by atoms with Gasteiger partial charge in [-0.1, -0.05) is 24.3 Å². The van der Waals surface area contributed by atoms with Gasteiger partial charge in [0, 0.05) is 47.7 Å². The van der Waals surface area contributed by atoms with Gasteiger partial charge in [-0.25, -0.2) is 0 Å². The average Bonchev–Trinajstić information content (AvgIpc) is 3.33. The number of likely N-dealkylation sites (tertiary alicyclic amines) is 1. The molecule has 0 radical (unpaired) electrons. The van der Waals surface area contributed by atoms with E-state index >= 15 is 0 Å². The summed E-state index contributed by atoms with van der Waals surface area (Å²) in [5.74, 6) is 0. The van der Waals surface area contributed by atoms with E-state index < -0.39 is 0 Å². The summed E-state index contributed by atoms with van der Waals surface area (Å²) < 4.78 is 0. The minimum atomic E-state index is 0.127. The van der Waals surface area contributed by atoms with Gasteiger partial charge in [0.05, 0.1) is 5.54 Å². The van der Waals surface area contributed by atoms with E-state index in [2.05, 4.69) is 57.0 Å². The van der Waals surface area contributed by atoms with Crippen LogP contribution < -0.4 is 5.32 Å². The van der Waals surface area contributed by atoms with Crippen molar-refractivity contribution in [3.8, 4) is 0 Å². The third-order valence-electron chi connectivity index (χ3n) is 5.73. The van der Waals surface area contributed by atoms with Crippen LogP contribution >= 0.6 is 11.3 Å². The molecular formula is C20H23N3S. The lowest BCUT2D eigenvalue weighted by atomic mass is 9.86. The Labute approximate surface area is 146 Å². The van der Waals surface area contributed by atoms with Crippen LogP contribution in [0.25, 0.3) is 10.9 Å². The first kappa shape index (κ1) is 14.7. The number of aromatic amines is 1. The predicted octanol–water partition coefficient (Wildman–Crippen LogP) is 3.52. The number of aromatic nitrogens is 1. The number of para-hydroxylation sites is 1. The van der Waals surface area contributed by atoms with Gasteiger partial charge in [0.25, 0.3) is 0 Å². The van der Waals surface area contributed by atoms with Crippen molar-refractivity contribution in [2.24, 2.45) is 0 Å². The van der Waals surface area contributed by atoms with Crippen molar-refractivity contribution in [2.45, 2.75) is 24.8 Å². The van der Waals surface area contributed by atoms with Crippen LogP contribution in [0.1, 0.15) is 22.6 Å². The van der Waals surface area contributed by atoms with Crippen molar-refractivity contribution >= 4 is 22.2 Å². The molecule has 2 N–H and O–H groups in total. The van der Waals surface area contributed by atoms with Crippen molar-refractivity contribution in [1.29, 1.82) is 0 Å². The molecule has 0 amide bonds. The summed E-state index contributed by atoms with van der Waals surface area (Å²) >= 11 is 1.88. The highest BCUT2D eigenvalue weighted by Gasteiger charge is 2.43. The Kier molecular flexibility index (Phi) is 3.51. The number of nitrogens with one attached hydrogen (secondary N) is 2. The molecule has 0 saturated carbocycles. The van der Waals surface area contributed by atoms with Crippen LogP contribution in [0.2, 0.25) is 0 Å². The molecule has 0 bridgehead atoms. The molecule has 24 heavy (non-hydrogen) atoms. The highest BCUT2D eigenvalue weighted by atomic mass is 32.1. The van der Waals surface area contributed by atoms with Gasteiger partial charge in [-0.3, -0.25) is 0 Å². The molecule has 2 aliphatic heterocycles. The van der Waals surface area contributed by atoms with E-state index in [1.54, 1.807) is 5.56 Å². The molecule has 1 spiro atoms. The first-order valence-electron chi connectivity index (χ1n) is 8.94.